The van der Waals surface area contributed by atoms with Gasteiger partial charge in [0.05, 0.1) is 17.4 Å². The molecule has 33 heavy (non-hydrogen) atoms. The fourth-order valence-corrected chi connectivity index (χ4v) is 3.46. The molecule has 0 fully saturated rings. The van der Waals surface area contributed by atoms with E-state index >= 15 is 0 Å². The van der Waals surface area contributed by atoms with Crippen molar-refractivity contribution < 1.29 is 22.4 Å². The number of aromatic nitrogens is 4. The first-order valence-corrected chi connectivity index (χ1v) is 9.77. The number of halogens is 4. The molecule has 2 aromatic heterocycles. The molecule has 0 bridgehead atoms. The minimum absolute atomic E-state index is 0.0390. The monoisotopic (exact) mass is 462 g/mol. The number of rotatable bonds is 5. The van der Waals surface area contributed by atoms with E-state index in [0.717, 1.165) is 6.07 Å². The highest BCUT2D eigenvalue weighted by atomic mass is 19.4. The lowest BCUT2D eigenvalue weighted by atomic mass is 10.1. The number of fused-ring (bicyclic) bond motifs is 3. The summed E-state index contributed by atoms with van der Waals surface area (Å²) >= 11 is 0. The Balaban J connectivity index is 1.67. The molecule has 12 heteroatoms. The first kappa shape index (κ1) is 22.2. The van der Waals surface area contributed by atoms with Gasteiger partial charge in [-0.25, -0.2) is 4.39 Å². The Morgan fingerprint density at radius 3 is 2.61 bits per heavy atom. The van der Waals surface area contributed by atoms with E-state index < -0.39 is 24.4 Å². The zero-order valence-corrected chi connectivity index (χ0v) is 17.5. The van der Waals surface area contributed by atoms with Crippen molar-refractivity contribution >= 4 is 28.3 Å². The predicted molar refractivity (Wildman–Crippen MR) is 113 cm³/mol. The lowest BCUT2D eigenvalue weighted by Crippen LogP contribution is -2.33. The quantitative estimate of drug-likeness (QED) is 0.445. The molecular formula is C21H18F4N6O2. The fraction of sp³-hybridized carbons (Fsp3) is 0.238. The van der Waals surface area contributed by atoms with Crippen LogP contribution < -0.4 is 16.2 Å². The minimum atomic E-state index is -4.59. The third-order valence-corrected chi connectivity index (χ3v) is 5.19. The van der Waals surface area contributed by atoms with Crippen molar-refractivity contribution in [2.75, 3.05) is 11.9 Å². The second-order valence-electron chi connectivity index (χ2n) is 7.41. The molecule has 4 rings (SSSR count). The molecule has 1 amide bonds. The van der Waals surface area contributed by atoms with E-state index in [2.05, 4.69) is 15.5 Å². The first-order chi connectivity index (χ1) is 15.6. The number of carbonyl (C=O) groups is 1. The third-order valence-electron chi connectivity index (χ3n) is 5.19. The Morgan fingerprint density at radius 2 is 1.88 bits per heavy atom. The lowest BCUT2D eigenvalue weighted by molar-refractivity contribution is -0.123. The molecule has 2 N–H and O–H groups in total. The number of amides is 1. The van der Waals surface area contributed by atoms with E-state index in [1.807, 2.05) is 0 Å². The Kier molecular flexibility index (Phi) is 5.52. The highest BCUT2D eigenvalue weighted by Crippen LogP contribution is 2.23. The van der Waals surface area contributed by atoms with Crippen molar-refractivity contribution in [2.45, 2.75) is 19.6 Å². The van der Waals surface area contributed by atoms with Crippen LogP contribution in [-0.4, -0.2) is 37.8 Å². The van der Waals surface area contributed by atoms with Gasteiger partial charge in [-0.1, -0.05) is 12.1 Å². The van der Waals surface area contributed by atoms with E-state index in [1.54, 1.807) is 41.0 Å². The number of aryl methyl sites for hydroxylation is 1. The number of hydrogen-bond donors (Lipinski definition) is 2. The van der Waals surface area contributed by atoms with Crippen molar-refractivity contribution in [3.05, 3.63) is 69.5 Å². The van der Waals surface area contributed by atoms with Crippen LogP contribution in [0.3, 0.4) is 0 Å². The summed E-state index contributed by atoms with van der Waals surface area (Å²) in [6, 6.07) is 9.06. The number of nitrogens with zero attached hydrogens (tertiary/aromatic N) is 4. The number of hydrogen-bond acceptors (Lipinski definition) is 5. The topological polar surface area (TPSA) is 93.3 Å². The second kappa shape index (κ2) is 8.19. The zero-order chi connectivity index (χ0) is 23.9. The van der Waals surface area contributed by atoms with Crippen molar-refractivity contribution in [3.8, 4) is 0 Å². The number of benzene rings is 2. The summed E-state index contributed by atoms with van der Waals surface area (Å²) in [7, 11) is 1.57. The van der Waals surface area contributed by atoms with Gasteiger partial charge in [0.2, 0.25) is 5.78 Å². The van der Waals surface area contributed by atoms with E-state index in [1.165, 1.54) is 17.6 Å². The van der Waals surface area contributed by atoms with E-state index in [4.69, 9.17) is 0 Å². The average molecular weight is 462 g/mol. The number of alkyl halides is 3. The van der Waals surface area contributed by atoms with Crippen LogP contribution in [0.5, 0.6) is 0 Å². The average Bonchev–Trinajstić information content (AvgIpc) is 3.20. The number of anilines is 1. The molecule has 2 heterocycles. The fourth-order valence-electron chi connectivity index (χ4n) is 3.46. The maximum Gasteiger partial charge on any atom is 0.405 e. The predicted octanol–water partition coefficient (Wildman–Crippen LogP) is 2.93. The Hall–Kier alpha value is -3.96. The molecule has 0 aliphatic carbocycles. The molecule has 2 aromatic carbocycles. The molecule has 0 radical (unpaired) electrons. The Bertz CT molecular complexity index is 1440. The SMILES string of the molecule is Cc1c(F)cc(C(=O)NCC(F)(F)F)cc1NCc1nnc2n(C)c(=O)c3ccccc3n12. The highest BCUT2D eigenvalue weighted by Gasteiger charge is 2.28. The standard InChI is InChI=1S/C21H18F4N6O2/c1-11-14(22)7-12(18(32)27-10-21(23,24)25)8-15(11)26-9-17-28-29-20-30(2)19(33)13-5-3-4-6-16(13)31(17)20/h3-8,26H,9-10H2,1-2H3,(H,27,32). The summed E-state index contributed by atoms with van der Waals surface area (Å²) in [5, 5.41) is 13.3. The van der Waals surface area contributed by atoms with Gasteiger partial charge in [0.15, 0.2) is 5.82 Å². The first-order valence-electron chi connectivity index (χ1n) is 9.77. The lowest BCUT2D eigenvalue weighted by Gasteiger charge is -2.13. The molecule has 4 aromatic rings. The van der Waals surface area contributed by atoms with Crippen molar-refractivity contribution in [3.63, 3.8) is 0 Å². The van der Waals surface area contributed by atoms with Crippen LogP contribution in [0.4, 0.5) is 23.2 Å². The van der Waals surface area contributed by atoms with Crippen LogP contribution in [-0.2, 0) is 13.6 Å². The van der Waals surface area contributed by atoms with Gasteiger partial charge < -0.3 is 10.6 Å². The molecule has 0 saturated heterocycles. The van der Waals surface area contributed by atoms with Crippen LogP contribution >= 0.6 is 0 Å². The summed E-state index contributed by atoms with van der Waals surface area (Å²) in [4.78, 5) is 24.6. The van der Waals surface area contributed by atoms with Crippen LogP contribution in [0.2, 0.25) is 0 Å². The van der Waals surface area contributed by atoms with Crippen LogP contribution in [0.1, 0.15) is 21.7 Å². The van der Waals surface area contributed by atoms with Crippen LogP contribution in [0.25, 0.3) is 16.7 Å². The Morgan fingerprint density at radius 1 is 1.15 bits per heavy atom. The van der Waals surface area contributed by atoms with Gasteiger partial charge in [-0.3, -0.25) is 18.6 Å². The normalized spacial score (nSPS) is 11.8. The van der Waals surface area contributed by atoms with E-state index in [-0.39, 0.29) is 28.9 Å². The Labute approximate surface area is 183 Å². The van der Waals surface area contributed by atoms with Crippen molar-refractivity contribution in [2.24, 2.45) is 7.05 Å². The summed E-state index contributed by atoms with van der Waals surface area (Å²) < 4.78 is 54.6. The van der Waals surface area contributed by atoms with Gasteiger partial charge in [0.1, 0.15) is 12.4 Å². The van der Waals surface area contributed by atoms with Crippen molar-refractivity contribution in [1.82, 2.24) is 24.5 Å². The van der Waals surface area contributed by atoms with Gasteiger partial charge in [0, 0.05) is 23.9 Å². The second-order valence-corrected chi connectivity index (χ2v) is 7.41. The highest BCUT2D eigenvalue weighted by molar-refractivity contribution is 5.95. The van der Waals surface area contributed by atoms with Crippen LogP contribution in [0, 0.1) is 12.7 Å². The molecule has 0 spiro atoms. The maximum absolute atomic E-state index is 14.4. The zero-order valence-electron chi connectivity index (χ0n) is 17.5. The smallest absolute Gasteiger partial charge is 0.377 e. The number of nitrogens with one attached hydrogen (secondary N) is 2. The summed E-state index contributed by atoms with van der Waals surface area (Å²) in [5.41, 5.74) is 0.469. The molecular weight excluding hydrogens is 444 g/mol. The van der Waals surface area contributed by atoms with Gasteiger partial charge in [-0.05, 0) is 31.2 Å². The van der Waals surface area contributed by atoms with E-state index in [9.17, 15) is 27.2 Å². The van der Waals surface area contributed by atoms with Crippen molar-refractivity contribution in [1.29, 1.82) is 0 Å². The number of carbonyl (C=O) groups excluding carboxylic acids is 1. The van der Waals surface area contributed by atoms with Gasteiger partial charge in [-0.2, -0.15) is 13.2 Å². The molecule has 172 valence electrons. The summed E-state index contributed by atoms with van der Waals surface area (Å²) in [6.07, 6.45) is -4.59. The van der Waals surface area contributed by atoms with Gasteiger partial charge in [-0.15, -0.1) is 10.2 Å². The van der Waals surface area contributed by atoms with E-state index in [0.29, 0.717) is 22.5 Å². The molecule has 0 atom stereocenters. The van der Waals surface area contributed by atoms with Gasteiger partial charge >= 0.3 is 6.18 Å². The molecule has 0 aliphatic rings. The van der Waals surface area contributed by atoms with Crippen LogP contribution in [0.15, 0.2) is 41.2 Å². The third kappa shape index (κ3) is 4.23. The maximum atomic E-state index is 14.4. The largest absolute Gasteiger partial charge is 0.405 e. The van der Waals surface area contributed by atoms with Gasteiger partial charge in [0.25, 0.3) is 11.5 Å². The molecule has 0 aliphatic heterocycles. The summed E-state index contributed by atoms with van der Waals surface area (Å²) in [6.45, 7) is -0.0189. The minimum Gasteiger partial charge on any atom is -0.377 e. The molecule has 0 saturated carbocycles. The summed E-state index contributed by atoms with van der Waals surface area (Å²) in [5.74, 6) is -1.10. The molecule has 8 nitrogen and oxygen atoms in total. The number of para-hydroxylation sites is 1. The molecule has 0 unspecified atom stereocenters.